The molecule has 0 aromatic carbocycles. The van der Waals surface area contributed by atoms with E-state index >= 15 is 0 Å². The van der Waals surface area contributed by atoms with E-state index in [0.717, 1.165) is 18.9 Å². The van der Waals surface area contributed by atoms with Crippen LogP contribution in [0.2, 0.25) is 6.04 Å². The third-order valence-corrected chi connectivity index (χ3v) is 5.41. The van der Waals surface area contributed by atoms with E-state index in [0.29, 0.717) is 25.5 Å². The van der Waals surface area contributed by atoms with Crippen LogP contribution in [0.15, 0.2) is 11.9 Å². The maximum atomic E-state index is 5.73. The summed E-state index contributed by atoms with van der Waals surface area (Å²) in [5.74, 6) is 0. The summed E-state index contributed by atoms with van der Waals surface area (Å²) in [6, 6.07) is 0.775. The van der Waals surface area contributed by atoms with E-state index in [1.54, 1.807) is 0 Å². The highest BCUT2D eigenvalue weighted by Gasteiger charge is 2.39. The standard InChI is InChI=1S/C11H26N2O3Si/c1-4-14-17(15-5-2,16-6-3)9-7-8-11(13)10-12/h10H,4-9,12-13H2,1-3H3. The second-order valence-electron chi connectivity index (χ2n) is 3.58. The molecule has 0 bridgehead atoms. The summed E-state index contributed by atoms with van der Waals surface area (Å²) < 4.78 is 17.2. The Morgan fingerprint density at radius 1 is 1.06 bits per heavy atom. The van der Waals surface area contributed by atoms with E-state index in [1.807, 2.05) is 20.8 Å². The van der Waals surface area contributed by atoms with Gasteiger partial charge in [-0.2, -0.15) is 0 Å². The van der Waals surface area contributed by atoms with Gasteiger partial charge in [-0.15, -0.1) is 0 Å². The van der Waals surface area contributed by atoms with Crippen molar-refractivity contribution in [2.45, 2.75) is 39.7 Å². The number of rotatable bonds is 10. The van der Waals surface area contributed by atoms with Gasteiger partial charge >= 0.3 is 8.80 Å². The summed E-state index contributed by atoms with van der Waals surface area (Å²) in [5.41, 5.74) is 11.7. The van der Waals surface area contributed by atoms with Crippen LogP contribution >= 0.6 is 0 Å². The molecule has 0 radical (unpaired) electrons. The maximum absolute atomic E-state index is 5.73. The molecule has 0 saturated carbocycles. The largest absolute Gasteiger partial charge is 0.500 e. The lowest BCUT2D eigenvalue weighted by Gasteiger charge is -2.28. The molecule has 102 valence electrons. The lowest BCUT2D eigenvalue weighted by Crippen LogP contribution is -2.45. The van der Waals surface area contributed by atoms with Gasteiger partial charge in [-0.25, -0.2) is 0 Å². The minimum absolute atomic E-state index is 0.606. The molecular weight excluding hydrogens is 236 g/mol. The van der Waals surface area contributed by atoms with E-state index in [4.69, 9.17) is 24.7 Å². The molecule has 17 heavy (non-hydrogen) atoms. The van der Waals surface area contributed by atoms with Crippen LogP contribution in [-0.2, 0) is 13.3 Å². The zero-order chi connectivity index (χ0) is 13.1. The summed E-state index contributed by atoms with van der Waals surface area (Å²) in [5, 5.41) is 0. The average molecular weight is 262 g/mol. The van der Waals surface area contributed by atoms with E-state index in [9.17, 15) is 0 Å². The highest BCUT2D eigenvalue weighted by Crippen LogP contribution is 2.20. The minimum Gasteiger partial charge on any atom is -0.403 e. The van der Waals surface area contributed by atoms with E-state index < -0.39 is 8.80 Å². The van der Waals surface area contributed by atoms with Crippen LogP contribution in [0.1, 0.15) is 33.6 Å². The van der Waals surface area contributed by atoms with Gasteiger partial charge in [-0.1, -0.05) is 0 Å². The molecule has 0 atom stereocenters. The fourth-order valence-corrected chi connectivity index (χ4v) is 4.21. The molecule has 0 aliphatic carbocycles. The Kier molecular flexibility index (Phi) is 9.15. The molecule has 0 aliphatic rings. The molecule has 0 heterocycles. The number of hydrogen-bond donors (Lipinski definition) is 2. The maximum Gasteiger partial charge on any atom is 0.500 e. The van der Waals surface area contributed by atoms with Gasteiger partial charge in [-0.05, 0) is 33.6 Å². The van der Waals surface area contributed by atoms with Crippen LogP contribution in [0.4, 0.5) is 0 Å². The van der Waals surface area contributed by atoms with Gasteiger partial charge in [0.25, 0.3) is 0 Å². The van der Waals surface area contributed by atoms with Crippen LogP contribution in [0, 0.1) is 0 Å². The molecule has 0 spiro atoms. The number of allylic oxidation sites excluding steroid dienone is 1. The summed E-state index contributed by atoms with van der Waals surface area (Å²) in [4.78, 5) is 0. The van der Waals surface area contributed by atoms with Crippen LogP contribution in [0.3, 0.4) is 0 Å². The molecule has 0 amide bonds. The van der Waals surface area contributed by atoms with Gasteiger partial charge in [0.15, 0.2) is 0 Å². The molecular formula is C11H26N2O3Si. The van der Waals surface area contributed by atoms with Gasteiger partial charge in [0, 0.05) is 37.8 Å². The molecule has 0 rings (SSSR count). The van der Waals surface area contributed by atoms with Crippen molar-refractivity contribution >= 4 is 8.80 Å². The summed E-state index contributed by atoms with van der Waals surface area (Å²) in [6.07, 6.45) is 3.05. The normalized spacial score (nSPS) is 13.0. The summed E-state index contributed by atoms with van der Waals surface area (Å²) in [7, 11) is -2.50. The monoisotopic (exact) mass is 262 g/mol. The topological polar surface area (TPSA) is 79.7 Å². The predicted octanol–water partition coefficient (Wildman–Crippen LogP) is 1.57. The smallest absolute Gasteiger partial charge is 0.403 e. The number of nitrogens with two attached hydrogens (primary N) is 2. The third-order valence-electron chi connectivity index (χ3n) is 2.26. The Hall–Kier alpha value is -0.563. The molecule has 5 nitrogen and oxygen atoms in total. The Bertz CT molecular complexity index is 208. The van der Waals surface area contributed by atoms with Gasteiger partial charge in [0.1, 0.15) is 0 Å². The van der Waals surface area contributed by atoms with Crippen molar-refractivity contribution < 1.29 is 13.3 Å². The summed E-state index contributed by atoms with van der Waals surface area (Å²) >= 11 is 0. The molecule has 0 aromatic rings. The molecule has 4 N–H and O–H groups in total. The fourth-order valence-electron chi connectivity index (χ4n) is 1.59. The van der Waals surface area contributed by atoms with E-state index in [2.05, 4.69) is 0 Å². The van der Waals surface area contributed by atoms with Crippen molar-refractivity contribution in [3.05, 3.63) is 11.9 Å². The second-order valence-corrected chi connectivity index (χ2v) is 6.31. The van der Waals surface area contributed by atoms with E-state index in [1.165, 1.54) is 6.20 Å². The second kappa shape index (κ2) is 9.47. The lowest BCUT2D eigenvalue weighted by molar-refractivity contribution is 0.0708. The van der Waals surface area contributed by atoms with Crippen LogP contribution < -0.4 is 11.5 Å². The highest BCUT2D eigenvalue weighted by atomic mass is 28.4. The quantitative estimate of drug-likeness (QED) is 0.584. The highest BCUT2D eigenvalue weighted by molar-refractivity contribution is 6.60. The van der Waals surface area contributed by atoms with Gasteiger partial charge in [-0.3, -0.25) is 0 Å². The van der Waals surface area contributed by atoms with Crippen LogP contribution in [0.25, 0.3) is 0 Å². The first kappa shape index (κ1) is 16.4. The Morgan fingerprint density at radius 3 is 1.88 bits per heavy atom. The van der Waals surface area contributed by atoms with Crippen molar-refractivity contribution in [2.75, 3.05) is 19.8 Å². The zero-order valence-corrected chi connectivity index (χ0v) is 12.2. The molecule has 0 fully saturated rings. The van der Waals surface area contributed by atoms with Crippen molar-refractivity contribution in [3.8, 4) is 0 Å². The Balaban J connectivity index is 4.32. The van der Waals surface area contributed by atoms with Crippen molar-refractivity contribution in [2.24, 2.45) is 11.5 Å². The van der Waals surface area contributed by atoms with E-state index in [-0.39, 0.29) is 0 Å². The summed E-state index contributed by atoms with van der Waals surface area (Å²) in [6.45, 7) is 7.67. The average Bonchev–Trinajstić information content (AvgIpc) is 2.30. The molecule has 0 unspecified atom stereocenters. The Morgan fingerprint density at radius 2 is 1.53 bits per heavy atom. The van der Waals surface area contributed by atoms with Crippen molar-refractivity contribution in [1.82, 2.24) is 0 Å². The SMILES string of the molecule is CCO[Si](CCCC(N)=CN)(OCC)OCC. The zero-order valence-electron chi connectivity index (χ0n) is 11.2. The first-order valence-electron chi connectivity index (χ1n) is 6.22. The van der Waals surface area contributed by atoms with Crippen LogP contribution in [-0.4, -0.2) is 28.6 Å². The van der Waals surface area contributed by atoms with Crippen molar-refractivity contribution in [3.63, 3.8) is 0 Å². The predicted molar refractivity (Wildman–Crippen MR) is 71.1 cm³/mol. The lowest BCUT2D eigenvalue weighted by atomic mass is 10.3. The Labute approximate surface area is 105 Å². The fraction of sp³-hybridized carbons (Fsp3) is 0.818. The van der Waals surface area contributed by atoms with Gasteiger partial charge in [0.2, 0.25) is 0 Å². The first-order valence-corrected chi connectivity index (χ1v) is 8.15. The third kappa shape index (κ3) is 6.67. The van der Waals surface area contributed by atoms with Gasteiger partial charge < -0.3 is 24.7 Å². The molecule has 6 heteroatoms. The van der Waals surface area contributed by atoms with Crippen LogP contribution in [0.5, 0.6) is 0 Å². The van der Waals surface area contributed by atoms with Crippen molar-refractivity contribution in [1.29, 1.82) is 0 Å². The first-order chi connectivity index (χ1) is 8.14. The molecule has 0 aliphatic heterocycles. The molecule has 0 aromatic heterocycles. The number of hydrogen-bond acceptors (Lipinski definition) is 5. The minimum atomic E-state index is -2.50. The molecule has 0 saturated heterocycles. The van der Waals surface area contributed by atoms with Gasteiger partial charge in [0.05, 0.1) is 0 Å².